The van der Waals surface area contributed by atoms with Gasteiger partial charge in [0, 0.05) is 21.8 Å². The summed E-state index contributed by atoms with van der Waals surface area (Å²) in [6.45, 7) is 11.9. The minimum atomic E-state index is -0.685. The fourth-order valence-corrected chi connectivity index (χ4v) is 10.1. The van der Waals surface area contributed by atoms with Crippen LogP contribution in [0.25, 0.3) is 0 Å². The van der Waals surface area contributed by atoms with Crippen LogP contribution in [0.2, 0.25) is 0 Å². The topological polar surface area (TPSA) is 37.3 Å². The average molecular weight is 421 g/mol. The zero-order valence-electron chi connectivity index (χ0n) is 19.5. The molecule has 3 fully saturated rings. The van der Waals surface area contributed by atoms with Crippen LogP contribution >= 0.6 is 0 Å². The Kier molecular flexibility index (Phi) is 6.15. The Morgan fingerprint density at radius 1 is 1.10 bits per heavy atom. The molecule has 0 heterocycles. The van der Waals surface area contributed by atoms with Crippen molar-refractivity contribution in [1.82, 2.24) is 0 Å². The molecular weight excluding hydrogens is 376 g/mol. The van der Waals surface area contributed by atoms with Crippen molar-refractivity contribution in [1.29, 1.82) is 0 Å². The predicted molar refractivity (Wildman–Crippen MR) is 123 cm³/mol. The van der Waals surface area contributed by atoms with Crippen LogP contribution in [-0.4, -0.2) is 26.4 Å². The van der Waals surface area contributed by atoms with Crippen molar-refractivity contribution >= 4 is 10.8 Å². The first-order chi connectivity index (χ1) is 13.7. The van der Waals surface area contributed by atoms with Gasteiger partial charge in [-0.3, -0.25) is 4.21 Å². The second-order valence-corrected chi connectivity index (χ2v) is 13.8. The maximum atomic E-state index is 13.1. The second-order valence-electron chi connectivity index (χ2n) is 11.9. The molecule has 0 saturated heterocycles. The maximum absolute atomic E-state index is 13.1. The van der Waals surface area contributed by atoms with E-state index in [2.05, 4.69) is 40.7 Å². The summed E-state index contributed by atoms with van der Waals surface area (Å²) >= 11 is 0. The molecule has 3 saturated carbocycles. The Bertz CT molecular complexity index is 670. The van der Waals surface area contributed by atoms with Gasteiger partial charge in [0.25, 0.3) is 0 Å². The first-order valence-corrected chi connectivity index (χ1v) is 13.8. The Hall–Kier alpha value is -0.150. The monoisotopic (exact) mass is 420 g/mol. The Morgan fingerprint density at radius 3 is 2.59 bits per heavy atom. The van der Waals surface area contributed by atoms with Crippen LogP contribution in [0.5, 0.6) is 0 Å². The lowest BCUT2D eigenvalue weighted by Gasteiger charge is -2.58. The van der Waals surface area contributed by atoms with Crippen LogP contribution in [0.1, 0.15) is 92.4 Å². The van der Waals surface area contributed by atoms with Gasteiger partial charge in [0.15, 0.2) is 0 Å². The van der Waals surface area contributed by atoms with Gasteiger partial charge in [0.1, 0.15) is 0 Å². The van der Waals surface area contributed by atoms with Crippen molar-refractivity contribution < 1.29 is 9.32 Å². The van der Waals surface area contributed by atoms with Gasteiger partial charge < -0.3 is 5.11 Å². The van der Waals surface area contributed by atoms with Crippen molar-refractivity contribution in [2.24, 2.45) is 40.4 Å². The van der Waals surface area contributed by atoms with E-state index in [0.29, 0.717) is 27.9 Å². The quantitative estimate of drug-likeness (QED) is 0.545. The first-order valence-electron chi connectivity index (χ1n) is 12.4. The van der Waals surface area contributed by atoms with Gasteiger partial charge in [0.05, 0.1) is 6.10 Å². The minimum Gasteiger partial charge on any atom is -0.393 e. The Morgan fingerprint density at radius 2 is 1.86 bits per heavy atom. The molecular formula is C26H44O2S. The molecule has 0 aromatic rings. The predicted octanol–water partition coefficient (Wildman–Crippen LogP) is 6.11. The highest BCUT2D eigenvalue weighted by Gasteiger charge is 2.59. The summed E-state index contributed by atoms with van der Waals surface area (Å²) in [5, 5.41) is 10.5. The highest BCUT2D eigenvalue weighted by atomic mass is 32.2. The molecule has 0 aromatic carbocycles. The number of allylic oxidation sites excluding steroid dienone is 1. The van der Waals surface area contributed by atoms with Crippen LogP contribution < -0.4 is 0 Å². The van der Waals surface area contributed by atoms with E-state index in [4.69, 9.17) is 0 Å². The fraction of sp³-hybridized carbons (Fsp3) is 0.923. The first kappa shape index (κ1) is 22.1. The Labute approximate surface area is 181 Å². The number of hydrogen-bond acceptors (Lipinski definition) is 2. The lowest BCUT2D eigenvalue weighted by atomic mass is 9.47. The van der Waals surface area contributed by atoms with E-state index in [-0.39, 0.29) is 6.10 Å². The third-order valence-electron chi connectivity index (χ3n) is 10.0. The normalized spacial score (nSPS) is 46.4. The summed E-state index contributed by atoms with van der Waals surface area (Å²) < 4.78 is 13.1. The number of rotatable bonds is 5. The van der Waals surface area contributed by atoms with E-state index in [1.165, 1.54) is 38.5 Å². The molecule has 166 valence electrons. The summed E-state index contributed by atoms with van der Waals surface area (Å²) in [7, 11) is -0.685. The average Bonchev–Trinajstić information content (AvgIpc) is 3.03. The van der Waals surface area contributed by atoms with Crippen molar-refractivity contribution in [3.05, 3.63) is 11.6 Å². The van der Waals surface area contributed by atoms with Crippen molar-refractivity contribution in [3.63, 3.8) is 0 Å². The lowest BCUT2D eigenvalue weighted by molar-refractivity contribution is -0.0494. The van der Waals surface area contributed by atoms with Crippen LogP contribution in [0.15, 0.2) is 11.6 Å². The van der Waals surface area contributed by atoms with Crippen LogP contribution in [0, 0.1) is 40.4 Å². The van der Waals surface area contributed by atoms with Crippen LogP contribution in [-0.2, 0) is 10.8 Å². The molecule has 9 atom stereocenters. The minimum absolute atomic E-state index is 0.114. The smallest absolute Gasteiger partial charge is 0.0577 e. The number of aliphatic hydroxyl groups is 1. The van der Waals surface area contributed by atoms with Gasteiger partial charge in [-0.15, -0.1) is 0 Å². The highest BCUT2D eigenvalue weighted by molar-refractivity contribution is 7.85. The molecule has 0 amide bonds. The van der Waals surface area contributed by atoms with Gasteiger partial charge in [-0.2, -0.15) is 0 Å². The molecule has 0 aromatic heterocycles. The van der Waals surface area contributed by atoms with E-state index in [9.17, 15) is 9.32 Å². The third kappa shape index (κ3) is 3.71. The van der Waals surface area contributed by atoms with Gasteiger partial charge in [-0.1, -0.05) is 46.3 Å². The molecule has 1 N–H and O–H groups in total. The van der Waals surface area contributed by atoms with Crippen molar-refractivity contribution in [3.8, 4) is 0 Å². The largest absolute Gasteiger partial charge is 0.393 e. The van der Waals surface area contributed by atoms with Gasteiger partial charge >= 0.3 is 0 Å². The maximum Gasteiger partial charge on any atom is 0.0577 e. The summed E-state index contributed by atoms with van der Waals surface area (Å²) in [5.41, 5.74) is 2.27. The van der Waals surface area contributed by atoms with E-state index in [1.54, 1.807) is 5.57 Å². The number of hydrogen-bond donors (Lipinski definition) is 1. The van der Waals surface area contributed by atoms with Crippen LogP contribution in [0.3, 0.4) is 0 Å². The van der Waals surface area contributed by atoms with E-state index in [0.717, 1.165) is 42.8 Å². The summed E-state index contributed by atoms with van der Waals surface area (Å²) in [6.07, 6.45) is 13.1. The number of fused-ring (bicyclic) bond motifs is 5. The molecule has 3 heteroatoms. The molecule has 0 unspecified atom stereocenters. The second kappa shape index (κ2) is 8.08. The SMILES string of the molecule is CC(C)CC[S@](=O)[C@@H](C)[C@H]1CC[C@H]2[C@@H]3CC=C4C[C@@H](O)CC[C@]4(C)[C@H]3CC[C@]12C. The highest BCUT2D eigenvalue weighted by Crippen LogP contribution is 2.66. The summed E-state index contributed by atoms with van der Waals surface area (Å²) in [6, 6.07) is 0. The zero-order chi connectivity index (χ0) is 21.0. The molecule has 29 heavy (non-hydrogen) atoms. The van der Waals surface area contributed by atoms with E-state index in [1.807, 2.05) is 0 Å². The molecule has 0 spiro atoms. The fourth-order valence-electron chi connectivity index (χ4n) is 8.17. The molecule has 4 rings (SSSR count). The molecule has 0 radical (unpaired) electrons. The summed E-state index contributed by atoms with van der Waals surface area (Å²) in [4.78, 5) is 0. The lowest BCUT2D eigenvalue weighted by Crippen LogP contribution is -2.51. The summed E-state index contributed by atoms with van der Waals surface area (Å²) in [5.74, 6) is 4.57. The molecule has 0 aliphatic heterocycles. The molecule has 2 nitrogen and oxygen atoms in total. The standard InChI is InChI=1S/C26H44O2S/c1-17(2)12-15-29(28)18(3)22-8-9-23-21-7-6-19-16-20(27)10-13-25(19,4)24(21)11-14-26(22,23)5/h6,17-18,20-24,27H,7-16H2,1-5H3/t18-,20-,21-,22+,23-,24-,25-,26+,29-/m0/s1. The Balaban J connectivity index is 1.52. The molecule has 0 bridgehead atoms. The van der Waals surface area contributed by atoms with Crippen molar-refractivity contribution in [2.45, 2.75) is 104 Å². The molecule has 4 aliphatic carbocycles. The van der Waals surface area contributed by atoms with E-state index >= 15 is 0 Å². The third-order valence-corrected chi connectivity index (χ3v) is 11.8. The zero-order valence-corrected chi connectivity index (χ0v) is 20.3. The van der Waals surface area contributed by atoms with Crippen LogP contribution in [0.4, 0.5) is 0 Å². The molecule has 4 aliphatic rings. The van der Waals surface area contributed by atoms with Crippen molar-refractivity contribution in [2.75, 3.05) is 5.75 Å². The van der Waals surface area contributed by atoms with E-state index < -0.39 is 10.8 Å². The number of aliphatic hydroxyl groups excluding tert-OH is 1. The van der Waals surface area contributed by atoms with Gasteiger partial charge in [-0.25, -0.2) is 0 Å². The van der Waals surface area contributed by atoms with Gasteiger partial charge in [0.2, 0.25) is 0 Å². The van der Waals surface area contributed by atoms with Gasteiger partial charge in [-0.05, 0) is 98.2 Å².